The normalized spacial score (nSPS) is 18.2. The van der Waals surface area contributed by atoms with Gasteiger partial charge in [0.25, 0.3) is 0 Å². The van der Waals surface area contributed by atoms with Gasteiger partial charge in [-0.25, -0.2) is 9.78 Å². The monoisotopic (exact) mass is 343 g/mol. The van der Waals surface area contributed by atoms with Crippen LogP contribution in [0.2, 0.25) is 0 Å². The Morgan fingerprint density at radius 3 is 2.92 bits per heavy atom. The smallest absolute Gasteiger partial charge is 0.410 e. The number of likely N-dealkylation sites (tertiary alicyclic amines) is 1. The lowest BCUT2D eigenvalue weighted by atomic mass is 10.1. The number of benzene rings is 1. The summed E-state index contributed by atoms with van der Waals surface area (Å²) in [6, 6.07) is 5.60. The van der Waals surface area contributed by atoms with Crippen molar-refractivity contribution >= 4 is 28.6 Å². The number of aromatic nitrogens is 2. The van der Waals surface area contributed by atoms with Crippen molar-refractivity contribution in [3.8, 4) is 0 Å². The van der Waals surface area contributed by atoms with E-state index in [-0.39, 0.29) is 12.1 Å². The molecule has 1 aliphatic heterocycles. The minimum atomic E-state index is -0.483. The summed E-state index contributed by atoms with van der Waals surface area (Å²) in [6.07, 6.45) is 3.34. The predicted octanol–water partition coefficient (Wildman–Crippen LogP) is 3.02. The lowest BCUT2D eigenvalue weighted by molar-refractivity contribution is 0.0206. The number of hydrogen-bond donors (Lipinski definition) is 2. The standard InChI is InChI=1S/C18H25N5O2/c1-18(2,3)25-17(24)23-8-4-5-13(11-23)21-16-10-20-15-9-12(19)6-7-14(15)22-16/h6-7,9-10,13H,4-5,8,11,19H2,1-3H3,(H,21,22). The number of rotatable bonds is 2. The van der Waals surface area contributed by atoms with Crippen molar-refractivity contribution < 1.29 is 9.53 Å². The van der Waals surface area contributed by atoms with Crippen molar-refractivity contribution in [2.45, 2.75) is 45.3 Å². The number of nitrogen functional groups attached to an aromatic ring is 1. The highest BCUT2D eigenvalue weighted by Crippen LogP contribution is 2.20. The summed E-state index contributed by atoms with van der Waals surface area (Å²) in [7, 11) is 0. The van der Waals surface area contributed by atoms with Crippen molar-refractivity contribution in [2.24, 2.45) is 0 Å². The first-order chi connectivity index (χ1) is 11.8. The molecule has 0 saturated carbocycles. The fourth-order valence-corrected chi connectivity index (χ4v) is 2.89. The van der Waals surface area contributed by atoms with Crippen molar-refractivity contribution in [3.05, 3.63) is 24.4 Å². The number of fused-ring (bicyclic) bond motifs is 1. The lowest BCUT2D eigenvalue weighted by Crippen LogP contribution is -2.47. The minimum absolute atomic E-state index is 0.127. The molecule has 3 rings (SSSR count). The van der Waals surface area contributed by atoms with Crippen LogP contribution in [-0.2, 0) is 4.74 Å². The van der Waals surface area contributed by atoms with E-state index < -0.39 is 5.60 Å². The molecule has 2 aromatic rings. The summed E-state index contributed by atoms with van der Waals surface area (Å²) < 4.78 is 5.46. The zero-order valence-corrected chi connectivity index (χ0v) is 15.0. The van der Waals surface area contributed by atoms with Gasteiger partial charge in [-0.3, -0.25) is 4.98 Å². The first-order valence-electron chi connectivity index (χ1n) is 8.57. The highest BCUT2D eigenvalue weighted by atomic mass is 16.6. The number of nitrogens with two attached hydrogens (primary N) is 1. The molecule has 2 heterocycles. The molecule has 25 heavy (non-hydrogen) atoms. The Morgan fingerprint density at radius 2 is 2.16 bits per heavy atom. The summed E-state index contributed by atoms with van der Waals surface area (Å²) in [5.74, 6) is 0.702. The van der Waals surface area contributed by atoms with E-state index >= 15 is 0 Å². The van der Waals surface area contributed by atoms with Crippen LogP contribution < -0.4 is 11.1 Å². The van der Waals surface area contributed by atoms with E-state index in [0.29, 0.717) is 18.1 Å². The molecule has 1 amide bonds. The third kappa shape index (κ3) is 4.49. The molecule has 1 atom stereocenters. The summed E-state index contributed by atoms with van der Waals surface area (Å²) in [6.45, 7) is 6.94. The van der Waals surface area contributed by atoms with Gasteiger partial charge < -0.3 is 20.7 Å². The van der Waals surface area contributed by atoms with Crippen LogP contribution in [0.15, 0.2) is 24.4 Å². The fraction of sp³-hybridized carbons (Fsp3) is 0.500. The van der Waals surface area contributed by atoms with Crippen molar-refractivity contribution in [3.63, 3.8) is 0 Å². The van der Waals surface area contributed by atoms with Crippen LogP contribution in [0, 0.1) is 0 Å². The number of piperidine rings is 1. The van der Waals surface area contributed by atoms with Gasteiger partial charge in [-0.05, 0) is 51.8 Å². The van der Waals surface area contributed by atoms with Crippen molar-refractivity contribution in [2.75, 3.05) is 24.1 Å². The number of ether oxygens (including phenoxy) is 1. The predicted molar refractivity (Wildman–Crippen MR) is 98.4 cm³/mol. The largest absolute Gasteiger partial charge is 0.444 e. The molecule has 7 heteroatoms. The molecule has 0 aliphatic carbocycles. The average Bonchev–Trinajstić information content (AvgIpc) is 2.54. The highest BCUT2D eigenvalue weighted by Gasteiger charge is 2.27. The Morgan fingerprint density at radius 1 is 1.36 bits per heavy atom. The molecular weight excluding hydrogens is 318 g/mol. The van der Waals surface area contributed by atoms with Crippen molar-refractivity contribution in [1.82, 2.24) is 14.9 Å². The van der Waals surface area contributed by atoms with Gasteiger partial charge in [-0.1, -0.05) is 0 Å². The van der Waals surface area contributed by atoms with E-state index in [1.165, 1.54) is 0 Å². The first kappa shape index (κ1) is 17.3. The fourth-order valence-electron chi connectivity index (χ4n) is 2.89. The molecule has 1 saturated heterocycles. The van der Waals surface area contributed by atoms with Crippen LogP contribution in [-0.4, -0.2) is 45.7 Å². The Bertz CT molecular complexity index is 772. The van der Waals surface area contributed by atoms with Gasteiger partial charge in [-0.2, -0.15) is 0 Å². The molecule has 0 radical (unpaired) electrons. The number of carbonyl (C=O) groups is 1. The molecule has 3 N–H and O–H groups in total. The summed E-state index contributed by atoms with van der Waals surface area (Å²) in [5, 5.41) is 3.38. The zero-order valence-electron chi connectivity index (χ0n) is 15.0. The highest BCUT2D eigenvalue weighted by molar-refractivity contribution is 5.79. The summed E-state index contributed by atoms with van der Waals surface area (Å²) >= 11 is 0. The van der Waals surface area contributed by atoms with Gasteiger partial charge >= 0.3 is 6.09 Å². The number of anilines is 2. The topological polar surface area (TPSA) is 93.4 Å². The van der Waals surface area contributed by atoms with Gasteiger partial charge in [0.1, 0.15) is 11.4 Å². The average molecular weight is 343 g/mol. The number of nitrogens with zero attached hydrogens (tertiary/aromatic N) is 3. The molecule has 0 bridgehead atoms. The third-order valence-electron chi connectivity index (χ3n) is 3.99. The van der Waals surface area contributed by atoms with Crippen LogP contribution in [0.3, 0.4) is 0 Å². The molecule has 1 aromatic carbocycles. The maximum Gasteiger partial charge on any atom is 0.410 e. The molecule has 1 fully saturated rings. The molecule has 1 aromatic heterocycles. The summed E-state index contributed by atoms with van der Waals surface area (Å²) in [5.41, 5.74) is 7.51. The molecule has 1 aliphatic rings. The lowest BCUT2D eigenvalue weighted by Gasteiger charge is -2.34. The molecule has 1 unspecified atom stereocenters. The van der Waals surface area contributed by atoms with E-state index in [4.69, 9.17) is 10.5 Å². The van der Waals surface area contributed by atoms with Crippen LogP contribution in [0.4, 0.5) is 16.3 Å². The number of carbonyl (C=O) groups excluding carboxylic acids is 1. The maximum atomic E-state index is 12.3. The van der Waals surface area contributed by atoms with E-state index in [2.05, 4.69) is 15.3 Å². The van der Waals surface area contributed by atoms with Gasteiger partial charge in [0.15, 0.2) is 0 Å². The maximum absolute atomic E-state index is 12.3. The van der Waals surface area contributed by atoms with Crippen LogP contribution in [0.25, 0.3) is 11.0 Å². The molecule has 0 spiro atoms. The second kappa shape index (κ2) is 6.74. The Hall–Kier alpha value is -2.57. The van der Waals surface area contributed by atoms with E-state index in [1.807, 2.05) is 32.9 Å². The Labute approximate surface area is 147 Å². The Balaban J connectivity index is 1.66. The second-order valence-electron chi connectivity index (χ2n) is 7.41. The van der Waals surface area contributed by atoms with Gasteiger partial charge in [-0.15, -0.1) is 0 Å². The van der Waals surface area contributed by atoms with Gasteiger partial charge in [0.05, 0.1) is 17.2 Å². The van der Waals surface area contributed by atoms with Gasteiger partial charge in [0, 0.05) is 24.8 Å². The van der Waals surface area contributed by atoms with Crippen LogP contribution in [0.5, 0.6) is 0 Å². The second-order valence-corrected chi connectivity index (χ2v) is 7.41. The SMILES string of the molecule is CC(C)(C)OC(=O)N1CCCC(Nc2cnc3cc(N)ccc3n2)C1. The number of nitrogens with one attached hydrogen (secondary N) is 1. The van der Waals surface area contributed by atoms with Gasteiger partial charge in [0.2, 0.25) is 0 Å². The third-order valence-corrected chi connectivity index (χ3v) is 3.99. The quantitative estimate of drug-likeness (QED) is 0.814. The minimum Gasteiger partial charge on any atom is -0.444 e. The number of amides is 1. The van der Waals surface area contributed by atoms with Crippen molar-refractivity contribution in [1.29, 1.82) is 0 Å². The van der Waals surface area contributed by atoms with E-state index in [9.17, 15) is 4.79 Å². The molecule has 7 nitrogen and oxygen atoms in total. The van der Waals surface area contributed by atoms with E-state index in [1.54, 1.807) is 17.2 Å². The van der Waals surface area contributed by atoms with E-state index in [0.717, 1.165) is 30.4 Å². The number of hydrogen-bond acceptors (Lipinski definition) is 6. The first-order valence-corrected chi connectivity index (χ1v) is 8.57. The molecular formula is C18H25N5O2. The zero-order chi connectivity index (χ0) is 18.0. The summed E-state index contributed by atoms with van der Waals surface area (Å²) in [4.78, 5) is 23.0. The van der Waals surface area contributed by atoms with Crippen LogP contribution in [0.1, 0.15) is 33.6 Å². The Kier molecular flexibility index (Phi) is 4.65. The molecule has 134 valence electrons. The van der Waals surface area contributed by atoms with Crippen LogP contribution >= 0.6 is 0 Å².